The number of amides is 1. The second kappa shape index (κ2) is 11.9. The van der Waals surface area contributed by atoms with Gasteiger partial charge in [-0.05, 0) is 55.7 Å². The Bertz CT molecular complexity index is 1060. The Morgan fingerprint density at radius 2 is 1.68 bits per heavy atom. The number of rotatable bonds is 10. The topological polar surface area (TPSA) is 100 Å². The van der Waals surface area contributed by atoms with E-state index in [1.165, 1.54) is 26.0 Å². The molecule has 1 heterocycles. The molecular formula is C24H30NO7PS. The maximum atomic E-state index is 13.0. The Labute approximate surface area is 204 Å². The summed E-state index contributed by atoms with van der Waals surface area (Å²) in [5, 5.41) is 2.47. The maximum absolute atomic E-state index is 13.0. The predicted octanol–water partition coefficient (Wildman–Crippen LogP) is 4.95. The van der Waals surface area contributed by atoms with Crippen LogP contribution in [-0.4, -0.2) is 50.1 Å². The number of benzene rings is 2. The summed E-state index contributed by atoms with van der Waals surface area (Å²) in [6.07, 6.45) is 0.549. The lowest BCUT2D eigenvalue weighted by atomic mass is 9.99. The van der Waals surface area contributed by atoms with Gasteiger partial charge in [0.1, 0.15) is 0 Å². The zero-order valence-corrected chi connectivity index (χ0v) is 21.5. The summed E-state index contributed by atoms with van der Waals surface area (Å²) in [4.78, 5) is 25.7. The number of carbonyl (C=O) groups is 2. The van der Waals surface area contributed by atoms with E-state index in [0.717, 1.165) is 11.1 Å². The molecule has 34 heavy (non-hydrogen) atoms. The largest absolute Gasteiger partial charge is 0.493 e. The minimum Gasteiger partial charge on any atom is -0.493 e. The summed E-state index contributed by atoms with van der Waals surface area (Å²) in [7, 11) is -0.146. The number of ether oxygens (including phenoxy) is 2. The van der Waals surface area contributed by atoms with Gasteiger partial charge in [-0.25, -0.2) is 0 Å². The molecule has 0 saturated carbocycles. The fourth-order valence-electron chi connectivity index (χ4n) is 3.69. The number of thioether (sulfide) groups is 1. The average molecular weight is 508 g/mol. The van der Waals surface area contributed by atoms with Crippen molar-refractivity contribution < 1.29 is 32.7 Å². The van der Waals surface area contributed by atoms with Crippen LogP contribution in [0.25, 0.3) is 0 Å². The molecule has 3 rings (SSSR count). The summed E-state index contributed by atoms with van der Waals surface area (Å²) in [6.45, 7) is 4.15. The highest BCUT2D eigenvalue weighted by Gasteiger charge is 2.29. The lowest BCUT2D eigenvalue weighted by Crippen LogP contribution is -2.27. The highest BCUT2D eigenvalue weighted by molar-refractivity contribution is 8.01. The molecule has 1 amide bonds. The third-order valence-electron chi connectivity index (χ3n) is 5.27. The normalized spacial score (nSPS) is 15.9. The molecule has 0 fully saturated rings. The van der Waals surface area contributed by atoms with E-state index < -0.39 is 12.8 Å². The fourth-order valence-corrected chi connectivity index (χ4v) is 6.41. The quantitative estimate of drug-likeness (QED) is 0.451. The van der Waals surface area contributed by atoms with Crippen LogP contribution in [-0.2, 0) is 31.0 Å². The van der Waals surface area contributed by atoms with E-state index in [1.807, 2.05) is 0 Å². The number of carbonyl (C=O) groups excluding carboxylic acids is 2. The number of fused-ring (bicyclic) bond motifs is 1. The van der Waals surface area contributed by atoms with E-state index in [1.54, 1.807) is 50.2 Å². The van der Waals surface area contributed by atoms with Gasteiger partial charge in [-0.15, -0.1) is 11.8 Å². The molecule has 1 aliphatic heterocycles. The van der Waals surface area contributed by atoms with Crippen molar-refractivity contribution in [3.05, 3.63) is 53.1 Å². The maximum Gasteiger partial charge on any atom is 0.335 e. The van der Waals surface area contributed by atoms with Gasteiger partial charge < -0.3 is 23.8 Å². The Balaban J connectivity index is 1.71. The highest BCUT2D eigenvalue weighted by atomic mass is 32.2. The second-order valence-corrected chi connectivity index (χ2v) is 10.8. The number of nitrogens with one attached hydrogen (secondary N) is 1. The van der Waals surface area contributed by atoms with Crippen LogP contribution >= 0.6 is 19.4 Å². The van der Waals surface area contributed by atoms with E-state index in [-0.39, 0.29) is 23.6 Å². The van der Waals surface area contributed by atoms with Crippen molar-refractivity contribution in [2.24, 2.45) is 0 Å². The summed E-state index contributed by atoms with van der Waals surface area (Å²) in [5.41, 5.74) is 2.70. The van der Waals surface area contributed by atoms with Crippen LogP contribution < -0.4 is 14.8 Å². The van der Waals surface area contributed by atoms with E-state index in [2.05, 4.69) is 5.32 Å². The van der Waals surface area contributed by atoms with Crippen LogP contribution in [0.5, 0.6) is 11.5 Å². The Hall–Kier alpha value is -2.32. The van der Waals surface area contributed by atoms with Crippen LogP contribution in [0.4, 0.5) is 5.69 Å². The zero-order chi connectivity index (χ0) is 24.7. The Kier molecular flexibility index (Phi) is 9.19. The van der Waals surface area contributed by atoms with Crippen LogP contribution in [0.1, 0.15) is 35.3 Å². The molecule has 1 atom stereocenters. The smallest absolute Gasteiger partial charge is 0.335 e. The number of hydrogen-bond donors (Lipinski definition) is 1. The van der Waals surface area contributed by atoms with Gasteiger partial charge in [-0.3, -0.25) is 14.2 Å². The summed E-state index contributed by atoms with van der Waals surface area (Å²) < 4.78 is 34.1. The molecule has 0 radical (unpaired) electrons. The number of Topliss-reactive ketones (excluding diaryl/α,β-unsaturated/α-hetero) is 1. The third-order valence-corrected chi connectivity index (χ3v) is 8.54. The lowest BCUT2D eigenvalue weighted by Gasteiger charge is -2.18. The second-order valence-electron chi connectivity index (χ2n) is 7.58. The standard InChI is InChI=1S/C24H30NO7PS/c1-5-31-33(28,32-6-2)14-16-7-9-18(10-8-16)25-24(27)23-12-17-11-21(29-3)22(30-4)13-19(17)20(26)15-34-23/h7-11,13,23H,5-6,12,14-15H2,1-4H3,(H,25,27)/t23-/m1/s1. The molecule has 0 unspecified atom stereocenters. The third kappa shape index (κ3) is 6.42. The molecule has 0 spiro atoms. The van der Waals surface area contributed by atoms with E-state index in [9.17, 15) is 14.2 Å². The van der Waals surface area contributed by atoms with Crippen molar-refractivity contribution in [2.45, 2.75) is 31.7 Å². The molecule has 2 aromatic rings. The van der Waals surface area contributed by atoms with Gasteiger partial charge in [0.25, 0.3) is 0 Å². The van der Waals surface area contributed by atoms with Gasteiger partial charge in [-0.1, -0.05) is 12.1 Å². The molecule has 2 aromatic carbocycles. The van der Waals surface area contributed by atoms with Gasteiger partial charge in [0.05, 0.1) is 44.6 Å². The molecular weight excluding hydrogens is 477 g/mol. The number of methoxy groups -OCH3 is 2. The molecule has 10 heteroatoms. The van der Waals surface area contributed by atoms with Crippen molar-refractivity contribution in [1.29, 1.82) is 0 Å². The van der Waals surface area contributed by atoms with E-state index >= 15 is 0 Å². The minimum atomic E-state index is -3.20. The molecule has 1 N–H and O–H groups in total. The SMILES string of the molecule is CCOP(=O)(Cc1ccc(NC(=O)[C@H]2Cc3cc(OC)c(OC)cc3C(=O)CS2)cc1)OCC. The van der Waals surface area contributed by atoms with Crippen LogP contribution in [0.3, 0.4) is 0 Å². The van der Waals surface area contributed by atoms with Gasteiger partial charge in [0.2, 0.25) is 5.91 Å². The predicted molar refractivity (Wildman–Crippen MR) is 133 cm³/mol. The first kappa shape index (κ1) is 26.3. The zero-order valence-electron chi connectivity index (χ0n) is 19.8. The molecule has 1 aliphatic rings. The van der Waals surface area contributed by atoms with E-state index in [0.29, 0.717) is 42.4 Å². The van der Waals surface area contributed by atoms with Crippen molar-refractivity contribution >= 4 is 36.7 Å². The van der Waals surface area contributed by atoms with Crippen LogP contribution in [0.15, 0.2) is 36.4 Å². The molecule has 8 nitrogen and oxygen atoms in total. The molecule has 0 aromatic heterocycles. The first-order valence-electron chi connectivity index (χ1n) is 11.0. The Morgan fingerprint density at radius 3 is 2.26 bits per heavy atom. The summed E-state index contributed by atoms with van der Waals surface area (Å²) >= 11 is 1.31. The average Bonchev–Trinajstić information content (AvgIpc) is 2.98. The number of anilines is 1. The van der Waals surface area contributed by atoms with Crippen molar-refractivity contribution in [2.75, 3.05) is 38.5 Å². The van der Waals surface area contributed by atoms with Crippen LogP contribution in [0, 0.1) is 0 Å². The van der Waals surface area contributed by atoms with E-state index in [4.69, 9.17) is 18.5 Å². The molecule has 0 saturated heterocycles. The van der Waals surface area contributed by atoms with Crippen molar-refractivity contribution in [3.8, 4) is 11.5 Å². The summed E-state index contributed by atoms with van der Waals surface area (Å²) in [5.74, 6) is 0.966. The minimum absolute atomic E-state index is 0.0476. The molecule has 0 aliphatic carbocycles. The van der Waals surface area contributed by atoms with Gasteiger partial charge >= 0.3 is 7.60 Å². The monoisotopic (exact) mass is 507 g/mol. The van der Waals surface area contributed by atoms with Crippen LogP contribution in [0.2, 0.25) is 0 Å². The van der Waals surface area contributed by atoms with Gasteiger partial charge in [0, 0.05) is 11.3 Å². The Morgan fingerprint density at radius 1 is 1.06 bits per heavy atom. The number of hydrogen-bond acceptors (Lipinski definition) is 8. The van der Waals surface area contributed by atoms with Gasteiger partial charge in [0.15, 0.2) is 17.3 Å². The first-order valence-corrected chi connectivity index (χ1v) is 13.8. The highest BCUT2D eigenvalue weighted by Crippen LogP contribution is 2.51. The summed E-state index contributed by atoms with van der Waals surface area (Å²) in [6, 6.07) is 10.5. The van der Waals surface area contributed by atoms with Crippen molar-refractivity contribution in [1.82, 2.24) is 0 Å². The molecule has 0 bridgehead atoms. The van der Waals surface area contributed by atoms with Gasteiger partial charge in [-0.2, -0.15) is 0 Å². The number of ketones is 1. The first-order chi connectivity index (χ1) is 16.3. The lowest BCUT2D eigenvalue weighted by molar-refractivity contribution is -0.115. The molecule has 184 valence electrons. The van der Waals surface area contributed by atoms with Crippen molar-refractivity contribution in [3.63, 3.8) is 0 Å². The fraction of sp³-hybridized carbons (Fsp3) is 0.417.